The van der Waals surface area contributed by atoms with Crippen LogP contribution >= 0.6 is 0 Å². The van der Waals surface area contributed by atoms with Gasteiger partial charge in [-0.05, 0) is 49.3 Å². The van der Waals surface area contributed by atoms with Gasteiger partial charge in [0.05, 0.1) is 18.2 Å². The quantitative estimate of drug-likeness (QED) is 0.187. The molecule has 0 aromatic heterocycles. The largest absolute Gasteiger partial charge is 0.507 e. The van der Waals surface area contributed by atoms with E-state index in [9.17, 15) is 14.7 Å². The number of carbonyl (C=O) groups is 2. The minimum Gasteiger partial charge on any atom is -0.507 e. The summed E-state index contributed by atoms with van der Waals surface area (Å²) in [5.41, 5.74) is 1.23. The number of carbonyl (C=O) groups excluding carboxylic acids is 2. The first-order valence-electron chi connectivity index (χ1n) is 12.5. The first-order valence-corrected chi connectivity index (χ1v) is 12.5. The maximum atomic E-state index is 13.3. The summed E-state index contributed by atoms with van der Waals surface area (Å²) >= 11 is 0. The van der Waals surface area contributed by atoms with Crippen LogP contribution in [0.5, 0.6) is 11.5 Å². The number of hydrogen-bond acceptors (Lipinski definition) is 6. The second-order valence-corrected chi connectivity index (χ2v) is 8.56. The lowest BCUT2D eigenvalue weighted by Crippen LogP contribution is -2.38. The topological polar surface area (TPSA) is 79.3 Å². The zero-order chi connectivity index (χ0) is 26.1. The Morgan fingerprint density at radius 2 is 1.78 bits per heavy atom. The molecule has 1 aliphatic heterocycles. The summed E-state index contributed by atoms with van der Waals surface area (Å²) in [4.78, 5) is 30.2. The van der Waals surface area contributed by atoms with Gasteiger partial charge in [0.1, 0.15) is 23.9 Å². The number of likely N-dealkylation sites (tertiary alicyclic amines) is 1. The van der Waals surface area contributed by atoms with Gasteiger partial charge in [0.2, 0.25) is 0 Å². The molecular formula is C29H36N2O5. The maximum absolute atomic E-state index is 13.3. The summed E-state index contributed by atoms with van der Waals surface area (Å²) < 4.78 is 11.3. The first-order chi connectivity index (χ1) is 17.4. The molecule has 2 aromatic rings. The highest BCUT2D eigenvalue weighted by Gasteiger charge is 2.46. The maximum Gasteiger partial charge on any atom is 0.295 e. The molecule has 192 valence electrons. The number of aliphatic hydroxyl groups excluding tert-OH is 1. The van der Waals surface area contributed by atoms with Gasteiger partial charge in [-0.25, -0.2) is 0 Å². The summed E-state index contributed by atoms with van der Waals surface area (Å²) in [6.45, 7) is 13.4. The van der Waals surface area contributed by atoms with Gasteiger partial charge in [0.15, 0.2) is 0 Å². The number of hydrogen-bond donors (Lipinski definition) is 1. The Hall–Kier alpha value is -3.58. The van der Waals surface area contributed by atoms with Crippen LogP contribution in [-0.4, -0.2) is 66.0 Å². The standard InChI is InChI=1S/C29H36N2O5/c1-5-18-35-23-14-12-21(13-15-23)26-25(27(32)22-10-9-11-24(20-22)36-19-6-2)28(33)29(34)31(26)17-16-30(7-3)8-4/h5,9-15,20,26,32H,1,6-8,16-19H2,2-4H3/b27-25+. The molecule has 1 heterocycles. The molecule has 0 saturated carbocycles. The lowest BCUT2D eigenvalue weighted by molar-refractivity contribution is -0.140. The number of ketones is 1. The minimum absolute atomic E-state index is 0.0759. The Labute approximate surface area is 213 Å². The summed E-state index contributed by atoms with van der Waals surface area (Å²) in [6.07, 6.45) is 2.51. The van der Waals surface area contributed by atoms with Crippen molar-refractivity contribution in [2.75, 3.05) is 39.4 Å². The van der Waals surface area contributed by atoms with Gasteiger partial charge in [-0.2, -0.15) is 0 Å². The molecule has 2 aromatic carbocycles. The van der Waals surface area contributed by atoms with Crippen molar-refractivity contribution in [2.24, 2.45) is 0 Å². The van der Waals surface area contributed by atoms with Crippen LogP contribution in [0.3, 0.4) is 0 Å². The molecule has 1 N–H and O–H groups in total. The highest BCUT2D eigenvalue weighted by Crippen LogP contribution is 2.40. The second-order valence-electron chi connectivity index (χ2n) is 8.56. The third-order valence-corrected chi connectivity index (χ3v) is 6.24. The van der Waals surface area contributed by atoms with Crippen molar-refractivity contribution in [3.63, 3.8) is 0 Å². The fraction of sp³-hybridized carbons (Fsp3) is 0.379. The zero-order valence-corrected chi connectivity index (χ0v) is 21.4. The van der Waals surface area contributed by atoms with E-state index >= 15 is 0 Å². The third-order valence-electron chi connectivity index (χ3n) is 6.24. The summed E-state index contributed by atoms with van der Waals surface area (Å²) in [6, 6.07) is 13.5. The zero-order valence-electron chi connectivity index (χ0n) is 21.4. The van der Waals surface area contributed by atoms with E-state index in [0.29, 0.717) is 43.4 Å². The molecule has 7 heteroatoms. The molecular weight excluding hydrogens is 456 g/mol. The second kappa shape index (κ2) is 12.9. The van der Waals surface area contributed by atoms with Crippen molar-refractivity contribution in [1.29, 1.82) is 0 Å². The molecule has 3 rings (SSSR count). The molecule has 36 heavy (non-hydrogen) atoms. The Morgan fingerprint density at radius 3 is 2.42 bits per heavy atom. The van der Waals surface area contributed by atoms with Crippen LogP contribution in [0.25, 0.3) is 5.76 Å². The molecule has 0 radical (unpaired) electrons. The first kappa shape index (κ1) is 27.0. The van der Waals surface area contributed by atoms with Crippen molar-refractivity contribution in [2.45, 2.75) is 33.2 Å². The van der Waals surface area contributed by atoms with Crippen molar-refractivity contribution in [1.82, 2.24) is 9.80 Å². The number of aliphatic hydroxyl groups is 1. The fourth-order valence-corrected chi connectivity index (χ4v) is 4.26. The van der Waals surface area contributed by atoms with E-state index in [4.69, 9.17) is 9.47 Å². The highest BCUT2D eigenvalue weighted by molar-refractivity contribution is 6.46. The molecule has 7 nitrogen and oxygen atoms in total. The smallest absolute Gasteiger partial charge is 0.295 e. The van der Waals surface area contributed by atoms with E-state index in [0.717, 1.165) is 25.1 Å². The minimum atomic E-state index is -0.714. The Morgan fingerprint density at radius 1 is 1.06 bits per heavy atom. The number of amides is 1. The van der Waals surface area contributed by atoms with Gasteiger partial charge < -0.3 is 24.4 Å². The summed E-state index contributed by atoms with van der Waals surface area (Å²) in [5, 5.41) is 11.3. The molecule has 1 amide bonds. The van der Waals surface area contributed by atoms with E-state index in [1.807, 2.05) is 19.1 Å². The number of rotatable bonds is 13. The number of ether oxygens (including phenoxy) is 2. The molecule has 0 spiro atoms. The van der Waals surface area contributed by atoms with Crippen LogP contribution in [0.2, 0.25) is 0 Å². The lowest BCUT2D eigenvalue weighted by Gasteiger charge is -2.28. The van der Waals surface area contributed by atoms with Crippen LogP contribution in [0.4, 0.5) is 0 Å². The van der Waals surface area contributed by atoms with Gasteiger partial charge in [-0.1, -0.05) is 57.7 Å². The molecule has 1 aliphatic rings. The van der Waals surface area contributed by atoms with E-state index in [2.05, 4.69) is 25.3 Å². The van der Waals surface area contributed by atoms with Crippen molar-refractivity contribution in [3.8, 4) is 11.5 Å². The van der Waals surface area contributed by atoms with Crippen LogP contribution < -0.4 is 9.47 Å². The van der Waals surface area contributed by atoms with Crippen LogP contribution in [0.1, 0.15) is 44.4 Å². The number of Topliss-reactive ketones (excluding diaryl/α,β-unsaturated/α-hetero) is 1. The molecule has 1 unspecified atom stereocenters. The third kappa shape index (κ3) is 6.15. The average molecular weight is 493 g/mol. The fourth-order valence-electron chi connectivity index (χ4n) is 4.26. The van der Waals surface area contributed by atoms with Gasteiger partial charge >= 0.3 is 0 Å². The Bertz CT molecular complexity index is 1090. The molecule has 1 saturated heterocycles. The number of nitrogens with zero attached hydrogens (tertiary/aromatic N) is 2. The molecule has 1 fully saturated rings. The average Bonchev–Trinajstić information content (AvgIpc) is 3.16. The van der Waals surface area contributed by atoms with Gasteiger partial charge in [0.25, 0.3) is 11.7 Å². The van der Waals surface area contributed by atoms with E-state index in [-0.39, 0.29) is 11.3 Å². The predicted molar refractivity (Wildman–Crippen MR) is 141 cm³/mol. The van der Waals surface area contributed by atoms with Crippen LogP contribution in [0, 0.1) is 0 Å². The van der Waals surface area contributed by atoms with Gasteiger partial charge in [-0.3, -0.25) is 9.59 Å². The normalized spacial score (nSPS) is 17.0. The van der Waals surface area contributed by atoms with Crippen LogP contribution in [-0.2, 0) is 9.59 Å². The van der Waals surface area contributed by atoms with E-state index < -0.39 is 17.7 Å². The van der Waals surface area contributed by atoms with E-state index in [1.165, 1.54) is 0 Å². The number of benzene rings is 2. The Balaban J connectivity index is 2.05. The van der Waals surface area contributed by atoms with Gasteiger partial charge in [0, 0.05) is 18.7 Å². The Kier molecular flexibility index (Phi) is 9.70. The number of likely N-dealkylation sites (N-methyl/N-ethyl adjacent to an activating group) is 1. The monoisotopic (exact) mass is 492 g/mol. The van der Waals surface area contributed by atoms with Gasteiger partial charge in [-0.15, -0.1) is 0 Å². The van der Waals surface area contributed by atoms with Crippen molar-refractivity contribution >= 4 is 17.4 Å². The predicted octanol–water partition coefficient (Wildman–Crippen LogP) is 4.80. The SMILES string of the molecule is C=CCOc1ccc(C2/C(=C(\O)c3cccc(OCCC)c3)C(=O)C(=O)N2CCN(CC)CC)cc1. The summed E-state index contributed by atoms with van der Waals surface area (Å²) in [7, 11) is 0. The molecule has 0 aliphatic carbocycles. The highest BCUT2D eigenvalue weighted by atomic mass is 16.5. The molecule has 1 atom stereocenters. The lowest BCUT2D eigenvalue weighted by atomic mass is 9.95. The van der Waals surface area contributed by atoms with Crippen molar-refractivity contribution < 1.29 is 24.2 Å². The van der Waals surface area contributed by atoms with E-state index in [1.54, 1.807) is 47.4 Å². The van der Waals surface area contributed by atoms with Crippen LogP contribution in [0.15, 0.2) is 66.8 Å². The van der Waals surface area contributed by atoms with Crippen molar-refractivity contribution in [3.05, 3.63) is 77.9 Å². The molecule has 0 bridgehead atoms. The summed E-state index contributed by atoms with van der Waals surface area (Å²) in [5.74, 6) is -0.267.